The molecule has 0 spiro atoms. The third-order valence-corrected chi connectivity index (χ3v) is 0.863. The first-order valence-electron chi connectivity index (χ1n) is 2.44. The Morgan fingerprint density at radius 1 is 1.89 bits per heavy atom. The molecule has 50 valence electrons. The van der Waals surface area contributed by atoms with E-state index < -0.39 is 0 Å². The molecule has 0 bridgehead atoms. The third-order valence-electron chi connectivity index (χ3n) is 0.863. The summed E-state index contributed by atoms with van der Waals surface area (Å²) in [7, 11) is 1.74. The molecule has 5 heteroatoms. The maximum atomic E-state index is 7.95. The minimum Gasteiger partial charge on any atom is -0.255 e. The van der Waals surface area contributed by atoms with Gasteiger partial charge in [-0.25, -0.2) is 4.89 Å². The Hall–Kier alpha value is -0.940. The van der Waals surface area contributed by atoms with Gasteiger partial charge in [-0.2, -0.15) is 0 Å². The fourth-order valence-electron chi connectivity index (χ4n) is 0.528. The number of rotatable bonds is 2. The first-order chi connectivity index (χ1) is 4.33. The first kappa shape index (κ1) is 6.18. The van der Waals surface area contributed by atoms with Crippen LogP contribution in [-0.2, 0) is 18.5 Å². The first-order valence-corrected chi connectivity index (χ1v) is 2.44. The fraction of sp³-hybridized carbons (Fsp3) is 0.500. The van der Waals surface area contributed by atoms with Crippen molar-refractivity contribution in [3.05, 3.63) is 11.9 Å². The van der Waals surface area contributed by atoms with Crippen LogP contribution in [0, 0.1) is 0 Å². The maximum absolute atomic E-state index is 7.95. The molecule has 1 aromatic rings. The lowest BCUT2D eigenvalue weighted by atomic mass is 10.5. The number of aromatic nitrogens is 3. The van der Waals surface area contributed by atoms with Gasteiger partial charge in [-0.3, -0.25) is 9.94 Å². The monoisotopic (exact) mass is 129 g/mol. The predicted molar refractivity (Wildman–Crippen MR) is 28.4 cm³/mol. The van der Waals surface area contributed by atoms with Gasteiger partial charge in [0.2, 0.25) is 0 Å². The van der Waals surface area contributed by atoms with Gasteiger partial charge < -0.3 is 0 Å². The molecule has 0 aliphatic rings. The minimum absolute atomic E-state index is 0.0911. The molecule has 0 unspecified atom stereocenters. The minimum atomic E-state index is 0.0911. The van der Waals surface area contributed by atoms with E-state index in [4.69, 9.17) is 5.26 Å². The third kappa shape index (κ3) is 1.48. The molecule has 5 nitrogen and oxygen atoms in total. The molecule has 1 heterocycles. The highest BCUT2D eigenvalue weighted by Gasteiger charge is 1.94. The van der Waals surface area contributed by atoms with E-state index in [0.29, 0.717) is 5.69 Å². The molecule has 0 saturated heterocycles. The van der Waals surface area contributed by atoms with E-state index in [1.807, 2.05) is 0 Å². The Morgan fingerprint density at radius 2 is 2.67 bits per heavy atom. The van der Waals surface area contributed by atoms with Gasteiger partial charge in [-0.05, 0) is 0 Å². The van der Waals surface area contributed by atoms with E-state index >= 15 is 0 Å². The largest absolute Gasteiger partial charge is 0.255 e. The van der Waals surface area contributed by atoms with Crippen LogP contribution >= 0.6 is 0 Å². The van der Waals surface area contributed by atoms with E-state index in [1.54, 1.807) is 13.2 Å². The molecule has 0 radical (unpaired) electrons. The number of aryl methyl sites for hydroxylation is 1. The van der Waals surface area contributed by atoms with Crippen LogP contribution in [0.2, 0.25) is 0 Å². The molecular formula is C4H7N3O2. The highest BCUT2D eigenvalue weighted by molar-refractivity contribution is 4.88. The van der Waals surface area contributed by atoms with E-state index in [0.717, 1.165) is 0 Å². The summed E-state index contributed by atoms with van der Waals surface area (Å²) >= 11 is 0. The van der Waals surface area contributed by atoms with Crippen molar-refractivity contribution in [2.75, 3.05) is 0 Å². The Bertz CT molecular complexity index is 186. The SMILES string of the molecule is Cn1cc(COO)nn1. The second-order valence-electron chi connectivity index (χ2n) is 1.66. The smallest absolute Gasteiger partial charge is 0.127 e. The van der Waals surface area contributed by atoms with Crippen LogP contribution in [0.25, 0.3) is 0 Å². The van der Waals surface area contributed by atoms with Crippen molar-refractivity contribution < 1.29 is 10.1 Å². The van der Waals surface area contributed by atoms with E-state index in [-0.39, 0.29) is 6.61 Å². The van der Waals surface area contributed by atoms with Crippen molar-refractivity contribution in [1.82, 2.24) is 15.0 Å². The van der Waals surface area contributed by atoms with Gasteiger partial charge >= 0.3 is 0 Å². The van der Waals surface area contributed by atoms with Crippen LogP contribution < -0.4 is 0 Å². The van der Waals surface area contributed by atoms with Crippen LogP contribution in [0.3, 0.4) is 0 Å². The maximum Gasteiger partial charge on any atom is 0.127 e. The van der Waals surface area contributed by atoms with E-state index in [9.17, 15) is 0 Å². The molecule has 9 heavy (non-hydrogen) atoms. The van der Waals surface area contributed by atoms with Crippen LogP contribution in [0.1, 0.15) is 5.69 Å². The van der Waals surface area contributed by atoms with Crippen molar-refractivity contribution in [2.24, 2.45) is 7.05 Å². The van der Waals surface area contributed by atoms with Crippen molar-refractivity contribution in [3.8, 4) is 0 Å². The lowest BCUT2D eigenvalue weighted by molar-refractivity contribution is -0.253. The Kier molecular flexibility index (Phi) is 1.76. The molecule has 0 amide bonds. The highest BCUT2D eigenvalue weighted by Crippen LogP contribution is 1.90. The lowest BCUT2D eigenvalue weighted by Gasteiger charge is -1.85. The number of nitrogens with zero attached hydrogens (tertiary/aromatic N) is 3. The van der Waals surface area contributed by atoms with Gasteiger partial charge in [0.05, 0.1) is 6.20 Å². The average Bonchev–Trinajstić information content (AvgIpc) is 2.17. The topological polar surface area (TPSA) is 60.2 Å². The van der Waals surface area contributed by atoms with Crippen LogP contribution in [0.15, 0.2) is 6.20 Å². The zero-order valence-electron chi connectivity index (χ0n) is 4.98. The number of hydrogen-bond donors (Lipinski definition) is 1. The highest BCUT2D eigenvalue weighted by atomic mass is 17.1. The summed E-state index contributed by atoms with van der Waals surface area (Å²) in [5, 5.41) is 15.2. The molecule has 1 N–H and O–H groups in total. The van der Waals surface area contributed by atoms with Crippen molar-refractivity contribution in [3.63, 3.8) is 0 Å². The zero-order valence-corrected chi connectivity index (χ0v) is 4.98. The Morgan fingerprint density at radius 3 is 3.11 bits per heavy atom. The molecule has 1 aromatic heterocycles. The van der Waals surface area contributed by atoms with Crippen molar-refractivity contribution >= 4 is 0 Å². The summed E-state index contributed by atoms with van der Waals surface area (Å²) in [5.74, 6) is 0. The Balaban J connectivity index is 2.61. The second-order valence-corrected chi connectivity index (χ2v) is 1.66. The van der Waals surface area contributed by atoms with Gasteiger partial charge in [0.1, 0.15) is 12.3 Å². The normalized spacial score (nSPS) is 10.0. The standard InChI is InChI=1S/C4H7N3O2/c1-7-2-4(3-9-8)5-6-7/h2,8H,3H2,1H3. The van der Waals surface area contributed by atoms with Crippen LogP contribution in [-0.4, -0.2) is 20.3 Å². The van der Waals surface area contributed by atoms with E-state index in [2.05, 4.69) is 15.2 Å². The molecule has 0 fully saturated rings. The van der Waals surface area contributed by atoms with Gasteiger partial charge in [-0.15, -0.1) is 5.10 Å². The van der Waals surface area contributed by atoms with Gasteiger partial charge in [0.15, 0.2) is 0 Å². The molecular weight excluding hydrogens is 122 g/mol. The van der Waals surface area contributed by atoms with Crippen LogP contribution in [0.5, 0.6) is 0 Å². The number of hydrogen-bond acceptors (Lipinski definition) is 4. The molecule has 1 rings (SSSR count). The van der Waals surface area contributed by atoms with Crippen molar-refractivity contribution in [1.29, 1.82) is 0 Å². The van der Waals surface area contributed by atoms with E-state index in [1.165, 1.54) is 4.68 Å². The fourth-order valence-corrected chi connectivity index (χ4v) is 0.528. The van der Waals surface area contributed by atoms with Gasteiger partial charge in [0, 0.05) is 7.05 Å². The average molecular weight is 129 g/mol. The molecule has 0 aliphatic heterocycles. The van der Waals surface area contributed by atoms with Crippen molar-refractivity contribution in [2.45, 2.75) is 6.61 Å². The zero-order chi connectivity index (χ0) is 6.69. The Labute approximate surface area is 51.8 Å². The second kappa shape index (κ2) is 2.56. The lowest BCUT2D eigenvalue weighted by Crippen LogP contribution is -1.86. The molecule has 0 saturated carbocycles. The predicted octanol–water partition coefficient (Wildman–Crippen LogP) is -0.195. The summed E-state index contributed by atoms with van der Waals surface area (Å²) in [6, 6.07) is 0. The van der Waals surface area contributed by atoms with Gasteiger partial charge in [-0.1, -0.05) is 5.21 Å². The van der Waals surface area contributed by atoms with Gasteiger partial charge in [0.25, 0.3) is 0 Å². The summed E-state index contributed by atoms with van der Waals surface area (Å²) < 4.78 is 1.54. The summed E-state index contributed by atoms with van der Waals surface area (Å²) in [4.78, 5) is 3.83. The molecule has 0 aromatic carbocycles. The molecule has 0 aliphatic carbocycles. The summed E-state index contributed by atoms with van der Waals surface area (Å²) in [6.45, 7) is 0.0911. The molecule has 0 atom stereocenters. The quantitative estimate of drug-likeness (QED) is 0.444. The van der Waals surface area contributed by atoms with Crippen LogP contribution in [0.4, 0.5) is 0 Å². The summed E-state index contributed by atoms with van der Waals surface area (Å²) in [6.07, 6.45) is 1.66. The summed E-state index contributed by atoms with van der Waals surface area (Å²) in [5.41, 5.74) is 0.611.